The highest BCUT2D eigenvalue weighted by atomic mass is 16.5. The van der Waals surface area contributed by atoms with E-state index in [1.807, 2.05) is 39.0 Å². The van der Waals surface area contributed by atoms with Crippen molar-refractivity contribution < 1.29 is 14.6 Å². The third kappa shape index (κ3) is 7.47. The van der Waals surface area contributed by atoms with Crippen molar-refractivity contribution >= 4 is 6.09 Å². The predicted molar refractivity (Wildman–Crippen MR) is 100 cm³/mol. The minimum absolute atomic E-state index is 0.230. The van der Waals surface area contributed by atoms with E-state index in [-0.39, 0.29) is 17.7 Å². The normalized spacial score (nSPS) is 22.2. The first-order chi connectivity index (χ1) is 11.8. The third-order valence-electron chi connectivity index (χ3n) is 4.93. The van der Waals surface area contributed by atoms with E-state index < -0.39 is 0 Å². The van der Waals surface area contributed by atoms with Gasteiger partial charge in [0.25, 0.3) is 0 Å². The van der Waals surface area contributed by atoms with Crippen molar-refractivity contribution in [1.29, 1.82) is 0 Å². The molecule has 1 aliphatic rings. The van der Waals surface area contributed by atoms with Crippen LogP contribution in [0.25, 0.3) is 0 Å². The van der Waals surface area contributed by atoms with Gasteiger partial charge in [0.15, 0.2) is 0 Å². The number of aryl methyl sites for hydroxylation is 1. The molecule has 2 N–H and O–H groups in total. The molecule has 1 fully saturated rings. The fraction of sp³-hybridized carbons (Fsp3) is 0.667. The highest BCUT2D eigenvalue weighted by Crippen LogP contribution is 2.32. The number of hydrogen-bond donors (Lipinski definition) is 2. The number of alkyl carbamates (subject to hydrolysis) is 1. The highest BCUT2D eigenvalue weighted by molar-refractivity contribution is 5.68. The van der Waals surface area contributed by atoms with E-state index in [1.54, 1.807) is 0 Å². The summed E-state index contributed by atoms with van der Waals surface area (Å²) in [6.45, 7) is 6.30. The molecule has 2 rings (SSSR count). The lowest BCUT2D eigenvalue weighted by Gasteiger charge is -2.31. The Hall–Kier alpha value is -1.55. The zero-order valence-electron chi connectivity index (χ0n) is 15.8. The monoisotopic (exact) mass is 347 g/mol. The van der Waals surface area contributed by atoms with Crippen LogP contribution in [0.5, 0.6) is 0 Å². The number of aliphatic hydroxyl groups is 1. The smallest absolute Gasteiger partial charge is 0.407 e. The number of carbonyl (C=O) groups is 1. The molecule has 1 amide bonds. The van der Waals surface area contributed by atoms with E-state index in [1.165, 1.54) is 5.56 Å². The second-order valence-electron chi connectivity index (χ2n) is 8.35. The summed E-state index contributed by atoms with van der Waals surface area (Å²) in [7, 11) is 0. The zero-order chi connectivity index (χ0) is 18.3. The maximum atomic E-state index is 11.7. The van der Waals surface area contributed by atoms with Gasteiger partial charge in [-0.25, -0.2) is 4.79 Å². The molecule has 1 unspecified atom stereocenters. The summed E-state index contributed by atoms with van der Waals surface area (Å²) in [5.74, 6) is 0.798. The summed E-state index contributed by atoms with van der Waals surface area (Å²) in [5, 5.41) is 13.3. The van der Waals surface area contributed by atoms with E-state index in [0.29, 0.717) is 18.4 Å². The minimum atomic E-state index is -0.336. The van der Waals surface area contributed by atoms with Crippen molar-refractivity contribution in [2.75, 3.05) is 6.61 Å². The average molecular weight is 347 g/mol. The lowest BCUT2D eigenvalue weighted by molar-refractivity contribution is 0.0512. The molecule has 0 spiro atoms. The minimum Gasteiger partial charge on any atom is -0.449 e. The van der Waals surface area contributed by atoms with Gasteiger partial charge in [0.1, 0.15) is 0 Å². The van der Waals surface area contributed by atoms with E-state index in [0.717, 1.165) is 38.5 Å². The van der Waals surface area contributed by atoms with E-state index in [4.69, 9.17) is 4.74 Å². The van der Waals surface area contributed by atoms with Crippen molar-refractivity contribution in [2.45, 2.75) is 70.9 Å². The SMILES string of the molecule is CC(C)(C)NC(=O)OCC1CCC(C(O)CCc2ccccc2)CC1. The van der Waals surface area contributed by atoms with E-state index in [2.05, 4.69) is 17.4 Å². The zero-order valence-corrected chi connectivity index (χ0v) is 15.8. The van der Waals surface area contributed by atoms with Crippen molar-refractivity contribution in [3.8, 4) is 0 Å². The first-order valence-electron chi connectivity index (χ1n) is 9.50. The molecule has 1 aromatic carbocycles. The van der Waals surface area contributed by atoms with Gasteiger partial charge >= 0.3 is 6.09 Å². The lowest BCUT2D eigenvalue weighted by atomic mass is 9.78. The van der Waals surface area contributed by atoms with Crippen LogP contribution in [0.15, 0.2) is 30.3 Å². The molecule has 25 heavy (non-hydrogen) atoms. The van der Waals surface area contributed by atoms with Crippen molar-refractivity contribution in [1.82, 2.24) is 5.32 Å². The summed E-state index contributed by atoms with van der Waals surface area (Å²) in [4.78, 5) is 11.7. The van der Waals surface area contributed by atoms with Crippen molar-refractivity contribution in [2.24, 2.45) is 11.8 Å². The van der Waals surface area contributed by atoms with Crippen LogP contribution in [0.3, 0.4) is 0 Å². The van der Waals surface area contributed by atoms with Crippen molar-refractivity contribution in [3.05, 3.63) is 35.9 Å². The van der Waals surface area contributed by atoms with E-state index >= 15 is 0 Å². The standard InChI is InChI=1S/C21H33NO3/c1-21(2,3)22-20(24)25-15-17-9-12-18(13-10-17)19(23)14-11-16-7-5-4-6-8-16/h4-8,17-19,23H,9-15H2,1-3H3,(H,22,24). The largest absolute Gasteiger partial charge is 0.449 e. The molecular weight excluding hydrogens is 314 g/mol. The molecule has 0 aliphatic heterocycles. The molecule has 0 radical (unpaired) electrons. The molecule has 1 aromatic rings. The Bertz CT molecular complexity index is 516. The number of rotatable bonds is 6. The topological polar surface area (TPSA) is 58.6 Å². The molecule has 0 aromatic heterocycles. The molecule has 0 saturated heterocycles. The third-order valence-corrected chi connectivity index (χ3v) is 4.93. The number of nitrogens with one attached hydrogen (secondary N) is 1. The lowest BCUT2D eigenvalue weighted by Crippen LogP contribution is -2.41. The first-order valence-corrected chi connectivity index (χ1v) is 9.50. The Morgan fingerprint density at radius 3 is 2.44 bits per heavy atom. The maximum Gasteiger partial charge on any atom is 0.407 e. The van der Waals surface area contributed by atoms with Crippen LogP contribution < -0.4 is 5.32 Å². The number of hydrogen-bond acceptors (Lipinski definition) is 3. The van der Waals surface area contributed by atoms with E-state index in [9.17, 15) is 9.90 Å². The molecule has 4 nitrogen and oxygen atoms in total. The van der Waals surface area contributed by atoms with Crippen LogP contribution in [-0.2, 0) is 11.2 Å². The highest BCUT2D eigenvalue weighted by Gasteiger charge is 2.27. The molecule has 0 bridgehead atoms. The van der Waals surface area contributed by atoms with Gasteiger partial charge in [-0.15, -0.1) is 0 Å². The number of aliphatic hydroxyl groups excluding tert-OH is 1. The second kappa shape index (κ2) is 9.23. The van der Waals surface area contributed by atoms with Gasteiger partial charge in [0.05, 0.1) is 12.7 Å². The summed E-state index contributed by atoms with van der Waals surface area (Å²) < 4.78 is 5.35. The maximum absolute atomic E-state index is 11.7. The van der Waals surface area contributed by atoms with Gasteiger partial charge in [-0.05, 0) is 76.7 Å². The van der Waals surface area contributed by atoms with Gasteiger partial charge in [0, 0.05) is 5.54 Å². The predicted octanol–water partition coefficient (Wildman–Crippen LogP) is 4.31. The summed E-state index contributed by atoms with van der Waals surface area (Å²) >= 11 is 0. The van der Waals surface area contributed by atoms with Gasteiger partial charge < -0.3 is 15.2 Å². The van der Waals surface area contributed by atoms with Gasteiger partial charge in [0.2, 0.25) is 0 Å². The molecule has 1 aliphatic carbocycles. The van der Waals surface area contributed by atoms with Gasteiger partial charge in [-0.1, -0.05) is 30.3 Å². The van der Waals surface area contributed by atoms with Crippen LogP contribution in [0.2, 0.25) is 0 Å². The molecule has 1 atom stereocenters. The average Bonchev–Trinajstić information content (AvgIpc) is 2.58. The molecule has 0 heterocycles. The first kappa shape index (κ1) is 19.8. The number of carbonyl (C=O) groups excluding carboxylic acids is 1. The fourth-order valence-electron chi connectivity index (χ4n) is 3.47. The van der Waals surface area contributed by atoms with Crippen LogP contribution in [0.1, 0.15) is 58.4 Å². The molecule has 1 saturated carbocycles. The van der Waals surface area contributed by atoms with Crippen LogP contribution in [-0.4, -0.2) is 29.4 Å². The number of amides is 1. The molecule has 4 heteroatoms. The summed E-state index contributed by atoms with van der Waals surface area (Å²) in [6, 6.07) is 10.3. The van der Waals surface area contributed by atoms with Gasteiger partial charge in [-0.2, -0.15) is 0 Å². The molecule has 140 valence electrons. The quantitative estimate of drug-likeness (QED) is 0.806. The second-order valence-corrected chi connectivity index (χ2v) is 8.35. The summed E-state index contributed by atoms with van der Waals surface area (Å²) in [6.07, 6.45) is 5.27. The van der Waals surface area contributed by atoms with Crippen LogP contribution >= 0.6 is 0 Å². The Labute approximate surface area is 152 Å². The van der Waals surface area contributed by atoms with Crippen LogP contribution in [0.4, 0.5) is 4.79 Å². The Kier molecular flexibility index (Phi) is 7.30. The fourth-order valence-corrected chi connectivity index (χ4v) is 3.47. The summed E-state index contributed by atoms with van der Waals surface area (Å²) in [5.41, 5.74) is 1.02. The van der Waals surface area contributed by atoms with Gasteiger partial charge in [-0.3, -0.25) is 0 Å². The Morgan fingerprint density at radius 2 is 1.84 bits per heavy atom. The number of benzene rings is 1. The van der Waals surface area contributed by atoms with Crippen molar-refractivity contribution in [3.63, 3.8) is 0 Å². The number of ether oxygens (including phenoxy) is 1. The van der Waals surface area contributed by atoms with Crippen LogP contribution in [0, 0.1) is 11.8 Å². The Balaban J connectivity index is 1.64. The molecular formula is C21H33NO3. The Morgan fingerprint density at radius 1 is 1.20 bits per heavy atom.